The van der Waals surface area contributed by atoms with Gasteiger partial charge in [0.25, 0.3) is 0 Å². The van der Waals surface area contributed by atoms with Crippen LogP contribution in [0.3, 0.4) is 0 Å². The van der Waals surface area contributed by atoms with Crippen LogP contribution < -0.4 is 0 Å². The summed E-state index contributed by atoms with van der Waals surface area (Å²) < 4.78 is 2.36. The number of aromatic nitrogens is 3. The maximum Gasteiger partial charge on any atom is 0.162 e. The van der Waals surface area contributed by atoms with Crippen LogP contribution in [0.1, 0.15) is 30.5 Å². The molecule has 2 aromatic heterocycles. The molecule has 0 spiro atoms. The maximum atomic E-state index is 5.40. The smallest absolute Gasteiger partial charge is 0.162 e. The third-order valence-corrected chi connectivity index (χ3v) is 14.1. The first-order valence-corrected chi connectivity index (χ1v) is 22.6. The van der Waals surface area contributed by atoms with Crippen molar-refractivity contribution in [2.75, 3.05) is 0 Å². The fraction of sp³-hybridized carbons (Fsp3) is 0.0645. The van der Waals surface area contributed by atoms with Crippen molar-refractivity contribution in [3.63, 3.8) is 0 Å². The summed E-state index contributed by atoms with van der Waals surface area (Å²) in [5, 5.41) is 9.78. The first-order chi connectivity index (χ1) is 31.9. The van der Waals surface area contributed by atoms with Crippen molar-refractivity contribution < 1.29 is 0 Å². The van der Waals surface area contributed by atoms with Gasteiger partial charge in [-0.25, -0.2) is 9.97 Å². The van der Waals surface area contributed by atoms with E-state index in [0.29, 0.717) is 5.82 Å². The molecule has 10 aromatic carbocycles. The van der Waals surface area contributed by atoms with Gasteiger partial charge in [0.05, 0.1) is 16.7 Å². The number of benzene rings is 10. The Morgan fingerprint density at radius 1 is 0.354 bits per heavy atom. The molecule has 0 aliphatic heterocycles. The summed E-state index contributed by atoms with van der Waals surface area (Å²) in [5.74, 6) is 1.52. The molecule has 65 heavy (non-hydrogen) atoms. The van der Waals surface area contributed by atoms with E-state index in [0.717, 1.165) is 33.7 Å². The van der Waals surface area contributed by atoms with Gasteiger partial charge in [-0.15, -0.1) is 0 Å². The van der Waals surface area contributed by atoms with Crippen molar-refractivity contribution in [1.82, 2.24) is 14.5 Å². The molecule has 0 saturated carbocycles. The van der Waals surface area contributed by atoms with Gasteiger partial charge >= 0.3 is 0 Å². The quantitative estimate of drug-likeness (QED) is 0.162. The summed E-state index contributed by atoms with van der Waals surface area (Å²) in [6, 6.07) is 75.6. The van der Waals surface area contributed by atoms with Gasteiger partial charge in [-0.3, -0.25) is 4.57 Å². The van der Waals surface area contributed by atoms with Crippen molar-refractivity contribution >= 4 is 54.1 Å². The Morgan fingerprint density at radius 3 is 1.71 bits per heavy atom. The number of aryl methyl sites for hydroxylation is 1. The predicted molar refractivity (Wildman–Crippen MR) is 273 cm³/mol. The van der Waals surface area contributed by atoms with Gasteiger partial charge < -0.3 is 0 Å². The van der Waals surface area contributed by atoms with Gasteiger partial charge in [0, 0.05) is 33.4 Å². The van der Waals surface area contributed by atoms with Crippen molar-refractivity contribution in [1.29, 1.82) is 0 Å². The van der Waals surface area contributed by atoms with Gasteiger partial charge in [-0.1, -0.05) is 183 Å². The molecule has 1 aliphatic carbocycles. The first kappa shape index (κ1) is 37.4. The molecule has 3 heteroatoms. The highest BCUT2D eigenvalue weighted by Crippen LogP contribution is 2.50. The second-order valence-electron chi connectivity index (χ2n) is 18.3. The van der Waals surface area contributed by atoms with Crippen LogP contribution >= 0.6 is 0 Å². The Balaban J connectivity index is 1.11. The lowest BCUT2D eigenvalue weighted by atomic mass is 9.82. The molecule has 0 saturated heterocycles. The summed E-state index contributed by atoms with van der Waals surface area (Å²) in [6.45, 7) is 6.84. The zero-order chi connectivity index (χ0) is 43.4. The molecular weight excluding hydrogens is 787 g/mol. The Morgan fingerprint density at radius 2 is 0.908 bits per heavy atom. The van der Waals surface area contributed by atoms with Crippen molar-refractivity contribution in [2.24, 2.45) is 0 Å². The highest BCUT2D eigenvalue weighted by Gasteiger charge is 2.35. The largest absolute Gasteiger partial charge is 0.294 e. The summed E-state index contributed by atoms with van der Waals surface area (Å²) >= 11 is 0. The first-order valence-electron chi connectivity index (χ1n) is 22.6. The zero-order valence-electron chi connectivity index (χ0n) is 36.5. The highest BCUT2D eigenvalue weighted by atomic mass is 15.1. The molecule has 0 unspecified atom stereocenters. The number of fused-ring (bicyclic) bond motifs is 12. The van der Waals surface area contributed by atoms with E-state index in [2.05, 4.69) is 226 Å². The Labute approximate surface area is 377 Å². The predicted octanol–water partition coefficient (Wildman–Crippen LogP) is 16.3. The lowest BCUT2D eigenvalue weighted by molar-refractivity contribution is 0.660. The lowest BCUT2D eigenvalue weighted by Crippen LogP contribution is -2.14. The molecule has 0 atom stereocenters. The standard InChI is InChI=1S/C62H43N3/c1-38-22-24-39(25-23-38)42-28-31-58-53(34-42)54-35-50-49-32-43(44-27-30-56-52(33-44)48-20-12-13-21-55(48)62(56,2)3)26-29-47(49)45-18-10-11-19-46(45)51(50)36-59(54)65(58)60-37-57(40-14-6-4-7-15-40)63-61(64-60)41-16-8-5-9-17-41/h4-37H,1-3H3. The van der Waals surface area contributed by atoms with Crippen LogP contribution in [0.25, 0.3) is 116 Å². The number of rotatable bonds is 5. The van der Waals surface area contributed by atoms with Crippen LogP contribution in [0.2, 0.25) is 0 Å². The van der Waals surface area contributed by atoms with Crippen molar-refractivity contribution in [3.8, 4) is 61.8 Å². The third kappa shape index (κ3) is 5.82. The van der Waals surface area contributed by atoms with E-state index in [-0.39, 0.29) is 5.41 Å². The average molecular weight is 830 g/mol. The van der Waals surface area contributed by atoms with Crippen molar-refractivity contribution in [2.45, 2.75) is 26.2 Å². The minimum Gasteiger partial charge on any atom is -0.294 e. The zero-order valence-corrected chi connectivity index (χ0v) is 36.5. The minimum absolute atomic E-state index is 0.0369. The van der Waals surface area contributed by atoms with E-state index in [4.69, 9.17) is 9.97 Å². The minimum atomic E-state index is -0.0369. The SMILES string of the molecule is Cc1ccc(-c2ccc3c(c2)c2cc4c5cc(-c6ccc7c(c6)-c6ccccc6C7(C)C)ccc5c5ccccc5c4cc2n3-c2cc(-c3ccccc3)nc(-c3ccccc3)n2)cc1. The monoisotopic (exact) mass is 829 g/mol. The molecule has 0 N–H and O–H groups in total. The van der Waals surface area contributed by atoms with Crippen LogP contribution in [0.4, 0.5) is 0 Å². The van der Waals surface area contributed by atoms with Crippen LogP contribution in [-0.2, 0) is 5.41 Å². The normalized spacial score (nSPS) is 13.0. The maximum absolute atomic E-state index is 5.40. The average Bonchev–Trinajstić information content (AvgIpc) is 3.80. The van der Waals surface area contributed by atoms with Gasteiger partial charge in [0.2, 0.25) is 0 Å². The van der Waals surface area contributed by atoms with E-state index in [1.54, 1.807) is 0 Å². The second kappa shape index (κ2) is 14.2. The van der Waals surface area contributed by atoms with Crippen molar-refractivity contribution in [3.05, 3.63) is 223 Å². The molecule has 3 nitrogen and oxygen atoms in total. The van der Waals surface area contributed by atoms with E-state index in [9.17, 15) is 0 Å². The van der Waals surface area contributed by atoms with Crippen LogP contribution in [0.5, 0.6) is 0 Å². The summed E-state index contributed by atoms with van der Waals surface area (Å²) in [4.78, 5) is 10.6. The van der Waals surface area contributed by atoms with Gasteiger partial charge in [0.1, 0.15) is 5.82 Å². The molecule has 13 rings (SSSR count). The molecule has 12 aromatic rings. The summed E-state index contributed by atoms with van der Waals surface area (Å²) in [7, 11) is 0. The summed E-state index contributed by atoms with van der Waals surface area (Å²) in [6.07, 6.45) is 0. The van der Waals surface area contributed by atoms with Gasteiger partial charge in [-0.2, -0.15) is 0 Å². The molecule has 306 valence electrons. The van der Waals surface area contributed by atoms with E-state index in [1.807, 2.05) is 6.07 Å². The van der Waals surface area contributed by atoms with Crippen LogP contribution in [0.15, 0.2) is 206 Å². The van der Waals surface area contributed by atoms with E-state index in [1.165, 1.54) is 93.2 Å². The van der Waals surface area contributed by atoms with Crippen LogP contribution in [0, 0.1) is 6.92 Å². The Bertz CT molecular complexity index is 3840. The molecule has 0 bridgehead atoms. The highest BCUT2D eigenvalue weighted by molar-refractivity contribution is 6.29. The number of nitrogens with zero attached hydrogens (tertiary/aromatic N) is 3. The molecule has 1 aliphatic rings. The van der Waals surface area contributed by atoms with Gasteiger partial charge in [0.15, 0.2) is 5.82 Å². The second-order valence-corrected chi connectivity index (χ2v) is 18.3. The topological polar surface area (TPSA) is 30.7 Å². The van der Waals surface area contributed by atoms with E-state index >= 15 is 0 Å². The Kier molecular flexibility index (Phi) is 8.17. The third-order valence-electron chi connectivity index (χ3n) is 14.1. The molecule has 2 heterocycles. The van der Waals surface area contributed by atoms with Gasteiger partial charge in [-0.05, 0) is 120 Å². The molecule has 0 radical (unpaired) electrons. The molecule has 0 amide bonds. The fourth-order valence-electron chi connectivity index (χ4n) is 10.7. The molecular formula is C62H43N3. The lowest BCUT2D eigenvalue weighted by Gasteiger charge is -2.21. The number of hydrogen-bond acceptors (Lipinski definition) is 2. The number of hydrogen-bond donors (Lipinski definition) is 0. The summed E-state index contributed by atoms with van der Waals surface area (Å²) in [5.41, 5.74) is 16.6. The van der Waals surface area contributed by atoms with Crippen LogP contribution in [-0.4, -0.2) is 14.5 Å². The fourth-order valence-corrected chi connectivity index (χ4v) is 10.7. The van der Waals surface area contributed by atoms with E-state index < -0.39 is 0 Å². The Hall–Kier alpha value is -8.14. The molecule has 0 fully saturated rings.